The molecule has 1 N–H and O–H groups in total. The first-order valence-corrected chi connectivity index (χ1v) is 10.6. The number of hydrogen-bond acceptors (Lipinski definition) is 5. The lowest BCUT2D eigenvalue weighted by Gasteiger charge is -2.39. The zero-order chi connectivity index (χ0) is 22.6. The SMILES string of the molecule is C=C(CC(C)C)[C@H](O)C[C@@H]1c2cc(OC)c(OC)cc2CCN1C(=O)OC(C)(C)C. The van der Waals surface area contributed by atoms with E-state index in [0.717, 1.165) is 23.1 Å². The van der Waals surface area contributed by atoms with Gasteiger partial charge in [0.05, 0.1) is 26.4 Å². The van der Waals surface area contributed by atoms with Gasteiger partial charge in [-0.1, -0.05) is 20.4 Å². The van der Waals surface area contributed by atoms with Crippen LogP contribution in [-0.2, 0) is 11.2 Å². The van der Waals surface area contributed by atoms with E-state index in [9.17, 15) is 9.90 Å². The summed E-state index contributed by atoms with van der Waals surface area (Å²) in [7, 11) is 3.20. The summed E-state index contributed by atoms with van der Waals surface area (Å²) < 4.78 is 16.6. The lowest BCUT2D eigenvalue weighted by atomic mass is 9.86. The van der Waals surface area contributed by atoms with Crippen LogP contribution in [0.5, 0.6) is 11.5 Å². The molecule has 0 aliphatic carbocycles. The number of fused-ring (bicyclic) bond motifs is 1. The Morgan fingerprint density at radius 2 is 1.83 bits per heavy atom. The Morgan fingerprint density at radius 3 is 2.37 bits per heavy atom. The third-order valence-electron chi connectivity index (χ3n) is 5.22. The van der Waals surface area contributed by atoms with Crippen LogP contribution in [0.3, 0.4) is 0 Å². The van der Waals surface area contributed by atoms with Gasteiger partial charge < -0.3 is 24.2 Å². The Hall–Kier alpha value is -2.21. The van der Waals surface area contributed by atoms with E-state index in [2.05, 4.69) is 20.4 Å². The predicted octanol–water partition coefficient (Wildman–Crippen LogP) is 4.89. The molecule has 0 fully saturated rings. The van der Waals surface area contributed by atoms with Crippen LogP contribution in [0.2, 0.25) is 0 Å². The van der Waals surface area contributed by atoms with Crippen molar-refractivity contribution in [3.63, 3.8) is 0 Å². The maximum Gasteiger partial charge on any atom is 0.410 e. The molecule has 2 atom stereocenters. The second-order valence-electron chi connectivity index (χ2n) is 9.35. The van der Waals surface area contributed by atoms with Crippen LogP contribution < -0.4 is 9.47 Å². The van der Waals surface area contributed by atoms with E-state index in [1.54, 1.807) is 19.1 Å². The van der Waals surface area contributed by atoms with Gasteiger partial charge in [0.25, 0.3) is 0 Å². The second-order valence-corrected chi connectivity index (χ2v) is 9.35. The zero-order valence-corrected chi connectivity index (χ0v) is 19.4. The van der Waals surface area contributed by atoms with E-state index in [0.29, 0.717) is 36.8 Å². The van der Waals surface area contributed by atoms with Crippen molar-refractivity contribution in [1.82, 2.24) is 4.90 Å². The first-order chi connectivity index (χ1) is 14.0. The van der Waals surface area contributed by atoms with Crippen LogP contribution in [0.1, 0.15) is 64.6 Å². The topological polar surface area (TPSA) is 68.2 Å². The van der Waals surface area contributed by atoms with Crippen LogP contribution in [0.4, 0.5) is 4.79 Å². The largest absolute Gasteiger partial charge is 0.493 e. The molecule has 0 radical (unpaired) electrons. The molecule has 0 saturated heterocycles. The fourth-order valence-corrected chi connectivity index (χ4v) is 3.86. The van der Waals surface area contributed by atoms with Crippen LogP contribution in [0.25, 0.3) is 0 Å². The maximum atomic E-state index is 13.0. The second kappa shape index (κ2) is 9.73. The summed E-state index contributed by atoms with van der Waals surface area (Å²) in [6, 6.07) is 3.53. The molecule has 0 unspecified atom stereocenters. The first-order valence-electron chi connectivity index (χ1n) is 10.6. The van der Waals surface area contributed by atoms with Gasteiger partial charge in [-0.25, -0.2) is 4.79 Å². The van der Waals surface area contributed by atoms with E-state index in [-0.39, 0.29) is 12.1 Å². The number of carbonyl (C=O) groups excluding carboxylic acids is 1. The average Bonchev–Trinajstić information content (AvgIpc) is 2.64. The molecule has 2 rings (SSSR count). The molecule has 0 spiro atoms. The van der Waals surface area contributed by atoms with Gasteiger partial charge in [-0.05, 0) is 68.4 Å². The number of hydrogen-bond donors (Lipinski definition) is 1. The van der Waals surface area contributed by atoms with Gasteiger partial charge in [0, 0.05) is 13.0 Å². The van der Waals surface area contributed by atoms with Crippen molar-refractivity contribution in [2.45, 2.75) is 71.6 Å². The van der Waals surface area contributed by atoms with Gasteiger partial charge in [0.2, 0.25) is 0 Å². The molecule has 1 aromatic carbocycles. The molecule has 0 bridgehead atoms. The zero-order valence-electron chi connectivity index (χ0n) is 19.4. The Labute approximate surface area is 180 Å². The highest BCUT2D eigenvalue weighted by atomic mass is 16.6. The average molecular weight is 420 g/mol. The number of rotatable bonds is 7. The third kappa shape index (κ3) is 5.91. The number of carbonyl (C=O) groups is 1. The lowest BCUT2D eigenvalue weighted by molar-refractivity contribution is 0.00895. The molecule has 1 aliphatic rings. The van der Waals surface area contributed by atoms with Crippen molar-refractivity contribution in [2.24, 2.45) is 5.92 Å². The number of amides is 1. The van der Waals surface area contributed by atoms with E-state index in [1.165, 1.54) is 0 Å². The van der Waals surface area contributed by atoms with Gasteiger partial charge in [0.15, 0.2) is 11.5 Å². The summed E-state index contributed by atoms with van der Waals surface area (Å²) in [6.07, 6.45) is 0.664. The molecule has 0 aromatic heterocycles. The number of benzene rings is 1. The summed E-state index contributed by atoms with van der Waals surface area (Å²) >= 11 is 0. The summed E-state index contributed by atoms with van der Waals surface area (Å²) in [5, 5.41) is 10.9. The molecule has 30 heavy (non-hydrogen) atoms. The van der Waals surface area contributed by atoms with Gasteiger partial charge in [-0.3, -0.25) is 0 Å². The van der Waals surface area contributed by atoms with Crippen LogP contribution in [0.15, 0.2) is 24.3 Å². The number of aliphatic hydroxyl groups excluding tert-OH is 1. The van der Waals surface area contributed by atoms with Crippen molar-refractivity contribution >= 4 is 6.09 Å². The molecular formula is C24H37NO5. The highest BCUT2D eigenvalue weighted by Crippen LogP contribution is 2.41. The Bertz CT molecular complexity index is 766. The van der Waals surface area contributed by atoms with Gasteiger partial charge >= 0.3 is 6.09 Å². The molecule has 6 heteroatoms. The Kier molecular flexibility index (Phi) is 7.81. The normalized spacial score (nSPS) is 17.4. The molecule has 1 aromatic rings. The van der Waals surface area contributed by atoms with E-state index >= 15 is 0 Å². The van der Waals surface area contributed by atoms with E-state index in [4.69, 9.17) is 14.2 Å². The lowest BCUT2D eigenvalue weighted by Crippen LogP contribution is -2.44. The molecule has 1 aliphatic heterocycles. The minimum Gasteiger partial charge on any atom is -0.493 e. The third-order valence-corrected chi connectivity index (χ3v) is 5.22. The fraction of sp³-hybridized carbons (Fsp3) is 0.625. The molecule has 168 valence electrons. The fourth-order valence-electron chi connectivity index (χ4n) is 3.86. The quantitative estimate of drug-likeness (QED) is 0.637. The molecule has 1 heterocycles. The molecule has 6 nitrogen and oxygen atoms in total. The van der Waals surface area contributed by atoms with Crippen molar-refractivity contribution in [3.05, 3.63) is 35.4 Å². The van der Waals surface area contributed by atoms with Crippen LogP contribution in [-0.4, -0.2) is 48.6 Å². The highest BCUT2D eigenvalue weighted by molar-refractivity contribution is 5.70. The number of aliphatic hydroxyl groups is 1. The summed E-state index contributed by atoms with van der Waals surface area (Å²) in [5.74, 6) is 1.66. The van der Waals surface area contributed by atoms with E-state index < -0.39 is 11.7 Å². The van der Waals surface area contributed by atoms with E-state index in [1.807, 2.05) is 32.9 Å². The number of methoxy groups -OCH3 is 2. The Balaban J connectivity index is 2.42. The summed E-state index contributed by atoms with van der Waals surface area (Å²) in [5.41, 5.74) is 2.21. The molecule has 0 saturated carbocycles. The smallest absolute Gasteiger partial charge is 0.410 e. The van der Waals surface area contributed by atoms with Crippen molar-refractivity contribution < 1.29 is 24.1 Å². The van der Waals surface area contributed by atoms with Crippen LogP contribution >= 0.6 is 0 Å². The minimum atomic E-state index is -0.721. The molecule has 1 amide bonds. The number of nitrogens with zero attached hydrogens (tertiary/aromatic N) is 1. The highest BCUT2D eigenvalue weighted by Gasteiger charge is 2.36. The van der Waals surface area contributed by atoms with Gasteiger partial charge in [0.1, 0.15) is 5.60 Å². The summed E-state index contributed by atoms with van der Waals surface area (Å²) in [6.45, 7) is 14.3. The van der Waals surface area contributed by atoms with Gasteiger partial charge in [-0.2, -0.15) is 0 Å². The molecular weight excluding hydrogens is 382 g/mol. The van der Waals surface area contributed by atoms with Crippen molar-refractivity contribution in [1.29, 1.82) is 0 Å². The maximum absolute atomic E-state index is 13.0. The standard InChI is InChI=1S/C24H37NO5/c1-15(2)11-16(3)20(26)14-19-18-13-22(29-8)21(28-7)12-17(18)9-10-25(19)23(27)30-24(4,5)6/h12-13,15,19-20,26H,3,9-11,14H2,1-2,4-8H3/t19-,20-/m1/s1. The van der Waals surface area contributed by atoms with Gasteiger partial charge in [-0.15, -0.1) is 0 Å². The predicted molar refractivity (Wildman–Crippen MR) is 118 cm³/mol. The summed E-state index contributed by atoms with van der Waals surface area (Å²) in [4.78, 5) is 14.7. The van der Waals surface area contributed by atoms with Crippen LogP contribution in [0, 0.1) is 5.92 Å². The Morgan fingerprint density at radius 1 is 1.23 bits per heavy atom. The minimum absolute atomic E-state index is 0.345. The monoisotopic (exact) mass is 419 g/mol. The van der Waals surface area contributed by atoms with Crippen molar-refractivity contribution in [3.8, 4) is 11.5 Å². The first kappa shape index (κ1) is 24.1. The number of ether oxygens (including phenoxy) is 3. The van der Waals surface area contributed by atoms with Crippen molar-refractivity contribution in [2.75, 3.05) is 20.8 Å².